The minimum atomic E-state index is 0.0323. The first-order valence-corrected chi connectivity index (χ1v) is 4.87. The minimum absolute atomic E-state index is 0.0323. The second-order valence-corrected chi connectivity index (χ2v) is 4.01. The average molecular weight is 190 g/mol. The lowest BCUT2D eigenvalue weighted by molar-refractivity contribution is 0.715. The van der Waals surface area contributed by atoms with Crippen LogP contribution < -0.4 is 5.56 Å². The quantitative estimate of drug-likeness (QED) is 0.680. The Bertz CT molecular complexity index is 416. The Balaban J connectivity index is 2.26. The van der Waals surface area contributed by atoms with Crippen molar-refractivity contribution in [1.82, 2.24) is 9.55 Å². The zero-order valence-corrected chi connectivity index (χ0v) is 8.36. The van der Waals surface area contributed by atoms with E-state index in [1.165, 1.54) is 12.8 Å². The predicted octanol–water partition coefficient (Wildman–Crippen LogP) is 1.70. The lowest BCUT2D eigenvalue weighted by Gasteiger charge is -2.04. The topological polar surface area (TPSA) is 34.9 Å². The standard InChI is InChI=1S/C11H14N2O/c1-8(2)6-13-7-12-10(5-11(13)14)9-3-4-9/h5,7,9H,1,3-4,6H2,2H3. The fraction of sp³-hybridized carbons (Fsp3) is 0.455. The number of hydrogen-bond acceptors (Lipinski definition) is 2. The van der Waals surface area contributed by atoms with Gasteiger partial charge in [-0.05, 0) is 19.8 Å². The molecule has 74 valence electrons. The van der Waals surface area contributed by atoms with Crippen LogP contribution in [0, 0.1) is 0 Å². The summed E-state index contributed by atoms with van der Waals surface area (Å²) in [7, 11) is 0. The number of hydrogen-bond donors (Lipinski definition) is 0. The van der Waals surface area contributed by atoms with Crippen molar-refractivity contribution in [2.24, 2.45) is 0 Å². The Kier molecular flexibility index (Phi) is 2.23. The van der Waals surface area contributed by atoms with Crippen LogP contribution >= 0.6 is 0 Å². The van der Waals surface area contributed by atoms with Gasteiger partial charge in [-0.15, -0.1) is 0 Å². The molecular weight excluding hydrogens is 176 g/mol. The third-order valence-corrected chi connectivity index (χ3v) is 2.34. The van der Waals surface area contributed by atoms with E-state index in [2.05, 4.69) is 11.6 Å². The van der Waals surface area contributed by atoms with Crippen LogP contribution in [0.4, 0.5) is 0 Å². The summed E-state index contributed by atoms with van der Waals surface area (Å²) >= 11 is 0. The molecule has 3 heteroatoms. The molecule has 1 heterocycles. The van der Waals surface area contributed by atoms with E-state index in [9.17, 15) is 4.79 Å². The second kappa shape index (κ2) is 3.40. The van der Waals surface area contributed by atoms with Gasteiger partial charge in [-0.1, -0.05) is 12.2 Å². The minimum Gasteiger partial charge on any atom is -0.295 e. The van der Waals surface area contributed by atoms with Crippen molar-refractivity contribution in [3.8, 4) is 0 Å². The first-order chi connectivity index (χ1) is 6.66. The van der Waals surface area contributed by atoms with Gasteiger partial charge in [0.25, 0.3) is 5.56 Å². The van der Waals surface area contributed by atoms with Gasteiger partial charge in [-0.3, -0.25) is 9.36 Å². The highest BCUT2D eigenvalue weighted by molar-refractivity contribution is 5.12. The summed E-state index contributed by atoms with van der Waals surface area (Å²) in [6, 6.07) is 1.65. The molecule has 0 saturated heterocycles. The Labute approximate surface area is 83.1 Å². The monoisotopic (exact) mass is 190 g/mol. The molecule has 14 heavy (non-hydrogen) atoms. The van der Waals surface area contributed by atoms with E-state index < -0.39 is 0 Å². The smallest absolute Gasteiger partial charge is 0.253 e. The van der Waals surface area contributed by atoms with Gasteiger partial charge in [0.05, 0.1) is 12.0 Å². The number of allylic oxidation sites excluding steroid dienone is 1. The number of aromatic nitrogens is 2. The van der Waals surface area contributed by atoms with Crippen LogP contribution in [0.25, 0.3) is 0 Å². The van der Waals surface area contributed by atoms with Gasteiger partial charge in [-0.25, -0.2) is 4.98 Å². The van der Waals surface area contributed by atoms with E-state index in [0.29, 0.717) is 12.5 Å². The van der Waals surface area contributed by atoms with Crippen LogP contribution in [-0.2, 0) is 6.54 Å². The van der Waals surface area contributed by atoms with Gasteiger partial charge in [0.15, 0.2) is 0 Å². The summed E-state index contributed by atoms with van der Waals surface area (Å²) in [5.41, 5.74) is 1.95. The van der Waals surface area contributed by atoms with Crippen molar-refractivity contribution in [3.63, 3.8) is 0 Å². The van der Waals surface area contributed by atoms with Crippen LogP contribution in [-0.4, -0.2) is 9.55 Å². The van der Waals surface area contributed by atoms with Gasteiger partial charge in [-0.2, -0.15) is 0 Å². The van der Waals surface area contributed by atoms with Gasteiger partial charge >= 0.3 is 0 Å². The van der Waals surface area contributed by atoms with Crippen molar-refractivity contribution < 1.29 is 0 Å². The highest BCUT2D eigenvalue weighted by Gasteiger charge is 2.25. The Morgan fingerprint density at radius 1 is 1.71 bits per heavy atom. The molecule has 1 aromatic heterocycles. The lowest BCUT2D eigenvalue weighted by atomic mass is 10.3. The molecule has 0 bridgehead atoms. The van der Waals surface area contributed by atoms with Crippen molar-refractivity contribution >= 4 is 0 Å². The first kappa shape index (κ1) is 9.19. The zero-order chi connectivity index (χ0) is 10.1. The van der Waals surface area contributed by atoms with E-state index in [-0.39, 0.29) is 5.56 Å². The van der Waals surface area contributed by atoms with E-state index in [4.69, 9.17) is 0 Å². The Morgan fingerprint density at radius 3 is 2.93 bits per heavy atom. The molecule has 3 nitrogen and oxygen atoms in total. The highest BCUT2D eigenvalue weighted by Crippen LogP contribution is 2.38. The predicted molar refractivity (Wildman–Crippen MR) is 55.3 cm³/mol. The van der Waals surface area contributed by atoms with E-state index in [0.717, 1.165) is 11.3 Å². The molecule has 0 unspecified atom stereocenters. The summed E-state index contributed by atoms with van der Waals surface area (Å²) in [4.78, 5) is 15.9. The lowest BCUT2D eigenvalue weighted by Crippen LogP contribution is -2.20. The van der Waals surface area contributed by atoms with Crippen LogP contribution in [0.5, 0.6) is 0 Å². The fourth-order valence-corrected chi connectivity index (χ4v) is 1.45. The summed E-state index contributed by atoms with van der Waals surface area (Å²) in [5.74, 6) is 0.544. The van der Waals surface area contributed by atoms with Gasteiger partial charge in [0.1, 0.15) is 0 Å². The fourth-order valence-electron chi connectivity index (χ4n) is 1.45. The molecule has 0 spiro atoms. The third kappa shape index (κ3) is 1.92. The van der Waals surface area contributed by atoms with Gasteiger partial charge in [0.2, 0.25) is 0 Å². The molecule has 1 aromatic rings. The van der Waals surface area contributed by atoms with E-state index in [1.54, 1.807) is 17.0 Å². The zero-order valence-electron chi connectivity index (χ0n) is 8.36. The molecule has 1 saturated carbocycles. The molecule has 0 aromatic carbocycles. The SMILES string of the molecule is C=C(C)Cn1cnc(C2CC2)cc1=O. The summed E-state index contributed by atoms with van der Waals surface area (Å²) < 4.78 is 1.59. The molecule has 0 atom stereocenters. The van der Waals surface area contributed by atoms with Crippen molar-refractivity contribution in [3.05, 3.63) is 40.6 Å². The highest BCUT2D eigenvalue weighted by atomic mass is 16.1. The van der Waals surface area contributed by atoms with E-state index >= 15 is 0 Å². The third-order valence-electron chi connectivity index (χ3n) is 2.34. The van der Waals surface area contributed by atoms with Crippen molar-refractivity contribution in [2.75, 3.05) is 0 Å². The summed E-state index contributed by atoms with van der Waals surface area (Å²) in [6.45, 7) is 6.24. The van der Waals surface area contributed by atoms with Gasteiger partial charge < -0.3 is 0 Å². The second-order valence-electron chi connectivity index (χ2n) is 4.01. The molecule has 0 radical (unpaired) electrons. The summed E-state index contributed by atoms with van der Waals surface area (Å²) in [6.07, 6.45) is 3.98. The van der Waals surface area contributed by atoms with Crippen molar-refractivity contribution in [2.45, 2.75) is 32.2 Å². The molecular formula is C11H14N2O. The Hall–Kier alpha value is -1.38. The molecule has 0 aliphatic heterocycles. The maximum absolute atomic E-state index is 11.6. The number of rotatable bonds is 3. The van der Waals surface area contributed by atoms with E-state index in [1.807, 2.05) is 6.92 Å². The molecule has 1 aliphatic carbocycles. The maximum Gasteiger partial charge on any atom is 0.253 e. The molecule has 1 fully saturated rings. The van der Waals surface area contributed by atoms with Gasteiger partial charge in [0, 0.05) is 18.5 Å². The molecule has 1 aliphatic rings. The maximum atomic E-state index is 11.6. The molecule has 2 rings (SSSR count). The summed E-state index contributed by atoms with van der Waals surface area (Å²) in [5, 5.41) is 0. The van der Waals surface area contributed by atoms with Crippen LogP contribution in [0.2, 0.25) is 0 Å². The molecule has 0 amide bonds. The Morgan fingerprint density at radius 2 is 2.43 bits per heavy atom. The normalized spacial score (nSPS) is 15.5. The largest absolute Gasteiger partial charge is 0.295 e. The number of nitrogens with zero attached hydrogens (tertiary/aromatic N) is 2. The average Bonchev–Trinajstić information content (AvgIpc) is 2.90. The van der Waals surface area contributed by atoms with Crippen LogP contribution in [0.3, 0.4) is 0 Å². The van der Waals surface area contributed by atoms with Crippen LogP contribution in [0.1, 0.15) is 31.4 Å². The van der Waals surface area contributed by atoms with Crippen LogP contribution in [0.15, 0.2) is 29.3 Å². The first-order valence-electron chi connectivity index (χ1n) is 4.87. The van der Waals surface area contributed by atoms with Crippen molar-refractivity contribution in [1.29, 1.82) is 0 Å². The molecule has 0 N–H and O–H groups in total.